The van der Waals surface area contributed by atoms with Crippen molar-refractivity contribution < 1.29 is 4.79 Å². The van der Waals surface area contributed by atoms with Gasteiger partial charge in [-0.1, -0.05) is 30.3 Å². The smallest absolute Gasteiger partial charge is 0.142 e. The minimum absolute atomic E-state index is 0.143. The number of hydrogen-bond donors (Lipinski definition) is 0. The lowest BCUT2D eigenvalue weighted by atomic mass is 10.2. The first-order valence-corrected chi connectivity index (χ1v) is 4.63. The molecular formula is C11H12N2O. The molecule has 0 radical (unpaired) electrons. The fraction of sp³-hybridized carbons (Fsp3) is 0.273. The van der Waals surface area contributed by atoms with Crippen LogP contribution in [0.1, 0.15) is 5.56 Å². The third kappa shape index (κ3) is 1.88. The molecule has 1 aliphatic heterocycles. The molecule has 72 valence electrons. The summed E-state index contributed by atoms with van der Waals surface area (Å²) in [6.07, 6.45) is 2.63. The highest BCUT2D eigenvalue weighted by Gasteiger charge is 2.19. The third-order valence-corrected chi connectivity index (χ3v) is 2.31. The normalized spacial score (nSPS) is 21.3. The first-order valence-electron chi connectivity index (χ1n) is 4.63. The number of rotatable bonds is 3. The van der Waals surface area contributed by atoms with Crippen LogP contribution in [0.4, 0.5) is 0 Å². The Morgan fingerprint density at radius 3 is 2.93 bits per heavy atom. The zero-order valence-electron chi connectivity index (χ0n) is 7.84. The molecule has 0 N–H and O–H groups in total. The summed E-state index contributed by atoms with van der Waals surface area (Å²) in [5, 5.41) is 0. The molecule has 0 aromatic heterocycles. The van der Waals surface area contributed by atoms with E-state index in [1.165, 1.54) is 5.56 Å². The van der Waals surface area contributed by atoms with Crippen molar-refractivity contribution >= 4 is 12.5 Å². The molecule has 0 fully saturated rings. The van der Waals surface area contributed by atoms with Crippen LogP contribution in [0.15, 0.2) is 35.3 Å². The van der Waals surface area contributed by atoms with E-state index in [-0.39, 0.29) is 6.04 Å². The van der Waals surface area contributed by atoms with Crippen LogP contribution in [0.3, 0.4) is 0 Å². The van der Waals surface area contributed by atoms with Crippen molar-refractivity contribution in [3.8, 4) is 0 Å². The largest absolute Gasteiger partial charge is 0.301 e. The van der Waals surface area contributed by atoms with Gasteiger partial charge in [-0.2, -0.15) is 0 Å². The average molecular weight is 188 g/mol. The zero-order valence-corrected chi connectivity index (χ0v) is 7.84. The molecule has 1 aliphatic rings. The van der Waals surface area contributed by atoms with E-state index < -0.39 is 0 Å². The van der Waals surface area contributed by atoms with Crippen LogP contribution in [-0.4, -0.2) is 30.1 Å². The van der Waals surface area contributed by atoms with Crippen molar-refractivity contribution in [1.29, 1.82) is 0 Å². The average Bonchev–Trinajstić information content (AvgIpc) is 2.67. The van der Waals surface area contributed by atoms with E-state index in [4.69, 9.17) is 0 Å². The van der Waals surface area contributed by atoms with E-state index in [0.717, 1.165) is 12.8 Å². The first-order chi connectivity index (χ1) is 6.90. The van der Waals surface area contributed by atoms with Gasteiger partial charge < -0.3 is 4.79 Å². The van der Waals surface area contributed by atoms with Crippen LogP contribution in [0.2, 0.25) is 0 Å². The van der Waals surface area contributed by atoms with Crippen LogP contribution in [0.25, 0.3) is 0 Å². The summed E-state index contributed by atoms with van der Waals surface area (Å²) in [6.45, 7) is 1.41. The number of carbonyl (C=O) groups is 1. The molecule has 0 spiro atoms. The SMILES string of the molecule is O=CC1C=NCN1Cc1ccccc1. The van der Waals surface area contributed by atoms with Gasteiger partial charge in [0.05, 0.1) is 6.67 Å². The number of aliphatic imine (C=N–C) groups is 1. The van der Waals surface area contributed by atoms with E-state index in [2.05, 4.69) is 17.1 Å². The Bertz CT molecular complexity index is 334. The molecule has 0 saturated carbocycles. The molecule has 1 aromatic rings. The Labute approximate surface area is 83.1 Å². The lowest BCUT2D eigenvalue weighted by Crippen LogP contribution is -2.32. The maximum absolute atomic E-state index is 10.7. The van der Waals surface area contributed by atoms with E-state index >= 15 is 0 Å². The van der Waals surface area contributed by atoms with Gasteiger partial charge in [0.1, 0.15) is 12.3 Å². The van der Waals surface area contributed by atoms with E-state index in [1.54, 1.807) is 6.21 Å². The molecule has 3 heteroatoms. The third-order valence-electron chi connectivity index (χ3n) is 2.31. The number of hydrogen-bond acceptors (Lipinski definition) is 3. The Morgan fingerprint density at radius 1 is 1.43 bits per heavy atom. The number of nitrogens with zero attached hydrogens (tertiary/aromatic N) is 2. The van der Waals surface area contributed by atoms with Gasteiger partial charge in [-0.3, -0.25) is 9.89 Å². The highest BCUT2D eigenvalue weighted by Crippen LogP contribution is 2.09. The van der Waals surface area contributed by atoms with Crippen molar-refractivity contribution in [3.05, 3.63) is 35.9 Å². The van der Waals surface area contributed by atoms with Gasteiger partial charge in [0, 0.05) is 12.8 Å². The molecule has 1 aromatic carbocycles. The topological polar surface area (TPSA) is 32.7 Å². The lowest BCUT2D eigenvalue weighted by molar-refractivity contribution is -0.110. The summed E-state index contributed by atoms with van der Waals surface area (Å²) in [4.78, 5) is 16.8. The van der Waals surface area contributed by atoms with Crippen LogP contribution in [0.5, 0.6) is 0 Å². The van der Waals surface area contributed by atoms with Crippen LogP contribution in [-0.2, 0) is 11.3 Å². The second-order valence-electron chi connectivity index (χ2n) is 3.33. The van der Waals surface area contributed by atoms with E-state index in [9.17, 15) is 4.79 Å². The van der Waals surface area contributed by atoms with Crippen molar-refractivity contribution in [2.45, 2.75) is 12.6 Å². The molecule has 1 heterocycles. The summed E-state index contributed by atoms with van der Waals surface area (Å²) in [7, 11) is 0. The predicted octanol–water partition coefficient (Wildman–Crippen LogP) is 1.10. The van der Waals surface area contributed by atoms with Gasteiger partial charge in [-0.25, -0.2) is 0 Å². The minimum Gasteiger partial charge on any atom is -0.301 e. The lowest BCUT2D eigenvalue weighted by Gasteiger charge is -2.17. The van der Waals surface area contributed by atoms with Crippen molar-refractivity contribution in [1.82, 2.24) is 4.90 Å². The molecule has 2 rings (SSSR count). The number of benzene rings is 1. The maximum atomic E-state index is 10.7. The highest BCUT2D eigenvalue weighted by molar-refractivity contribution is 5.86. The van der Waals surface area contributed by atoms with Crippen molar-refractivity contribution in [3.63, 3.8) is 0 Å². The molecule has 1 unspecified atom stereocenters. The highest BCUT2D eigenvalue weighted by atomic mass is 16.1. The van der Waals surface area contributed by atoms with E-state index in [0.29, 0.717) is 6.67 Å². The Hall–Kier alpha value is -1.48. The predicted molar refractivity (Wildman–Crippen MR) is 55.2 cm³/mol. The summed E-state index contributed by atoms with van der Waals surface area (Å²) in [5.41, 5.74) is 1.21. The molecule has 0 aliphatic carbocycles. The fourth-order valence-electron chi connectivity index (χ4n) is 1.54. The van der Waals surface area contributed by atoms with E-state index in [1.807, 2.05) is 23.1 Å². The summed E-state index contributed by atoms with van der Waals surface area (Å²) < 4.78 is 0. The van der Waals surface area contributed by atoms with Crippen molar-refractivity contribution in [2.24, 2.45) is 4.99 Å². The maximum Gasteiger partial charge on any atom is 0.142 e. The fourth-order valence-corrected chi connectivity index (χ4v) is 1.54. The minimum atomic E-state index is -0.143. The number of carbonyl (C=O) groups excluding carboxylic acids is 1. The molecule has 14 heavy (non-hydrogen) atoms. The monoisotopic (exact) mass is 188 g/mol. The van der Waals surface area contributed by atoms with Gasteiger partial charge in [-0.05, 0) is 5.56 Å². The summed E-state index contributed by atoms with van der Waals surface area (Å²) in [5.74, 6) is 0. The zero-order chi connectivity index (χ0) is 9.80. The number of aldehydes is 1. The standard InChI is InChI=1S/C11H12N2O/c14-8-11-6-12-9-13(11)7-10-4-2-1-3-5-10/h1-6,8,11H,7,9H2. The second kappa shape index (κ2) is 4.15. The molecule has 1 atom stereocenters. The van der Waals surface area contributed by atoms with Crippen molar-refractivity contribution in [2.75, 3.05) is 6.67 Å². The quantitative estimate of drug-likeness (QED) is 0.665. The van der Waals surface area contributed by atoms with Crippen LogP contribution < -0.4 is 0 Å². The van der Waals surface area contributed by atoms with Gasteiger partial charge in [0.25, 0.3) is 0 Å². The Morgan fingerprint density at radius 2 is 2.21 bits per heavy atom. The molecular weight excluding hydrogens is 176 g/mol. The Kier molecular flexibility index (Phi) is 2.70. The second-order valence-corrected chi connectivity index (χ2v) is 3.33. The molecule has 0 amide bonds. The molecule has 3 nitrogen and oxygen atoms in total. The first kappa shape index (κ1) is 9.09. The van der Waals surface area contributed by atoms with Gasteiger partial charge in [0.15, 0.2) is 0 Å². The Balaban J connectivity index is 2.02. The van der Waals surface area contributed by atoms with Crippen LogP contribution in [0, 0.1) is 0 Å². The van der Waals surface area contributed by atoms with Gasteiger partial charge >= 0.3 is 0 Å². The van der Waals surface area contributed by atoms with Gasteiger partial charge in [0.2, 0.25) is 0 Å². The molecule has 0 saturated heterocycles. The summed E-state index contributed by atoms with van der Waals surface area (Å²) in [6, 6.07) is 9.96. The van der Waals surface area contributed by atoms with Gasteiger partial charge in [-0.15, -0.1) is 0 Å². The summed E-state index contributed by atoms with van der Waals surface area (Å²) >= 11 is 0. The van der Waals surface area contributed by atoms with Crippen LogP contribution >= 0.6 is 0 Å². The molecule has 0 bridgehead atoms.